The maximum atomic E-state index is 13.5. The summed E-state index contributed by atoms with van der Waals surface area (Å²) in [6.45, 7) is 6.87. The van der Waals surface area contributed by atoms with Crippen molar-refractivity contribution in [3.8, 4) is 0 Å². The van der Waals surface area contributed by atoms with Crippen LogP contribution >= 0.6 is 12.2 Å². The van der Waals surface area contributed by atoms with Gasteiger partial charge in [-0.15, -0.1) is 0 Å². The van der Waals surface area contributed by atoms with Crippen LogP contribution in [0.25, 0.3) is 10.9 Å². The number of aryl methyl sites for hydroxylation is 2. The van der Waals surface area contributed by atoms with E-state index < -0.39 is 0 Å². The average molecular weight is 474 g/mol. The number of pyridine rings is 1. The molecule has 1 aromatic heterocycles. The summed E-state index contributed by atoms with van der Waals surface area (Å²) in [7, 11) is 0. The van der Waals surface area contributed by atoms with Crippen LogP contribution in [0.5, 0.6) is 0 Å². The average Bonchev–Trinajstić information content (AvgIpc) is 2.81. The monoisotopic (exact) mass is 473 g/mol. The number of hydrogen-bond donors (Lipinski definition) is 2. The van der Waals surface area contributed by atoms with Crippen LogP contribution in [0, 0.1) is 19.7 Å². The summed E-state index contributed by atoms with van der Waals surface area (Å²) in [4.78, 5) is 17.9. The number of H-pyrrole nitrogens is 1. The molecule has 0 spiro atoms. The Hall–Kier alpha value is -3.51. The number of nitrogens with zero attached hydrogens (tertiary/aromatic N) is 1. The van der Waals surface area contributed by atoms with E-state index in [1.165, 1.54) is 12.1 Å². The molecule has 0 aliphatic rings. The molecule has 4 aromatic rings. The van der Waals surface area contributed by atoms with Gasteiger partial charge in [-0.2, -0.15) is 0 Å². The highest BCUT2D eigenvalue weighted by molar-refractivity contribution is 7.80. The number of benzene rings is 3. The molecular weight excluding hydrogens is 445 g/mol. The zero-order valence-corrected chi connectivity index (χ0v) is 20.4. The van der Waals surface area contributed by atoms with Crippen molar-refractivity contribution in [3.05, 3.63) is 117 Å². The van der Waals surface area contributed by atoms with Crippen LogP contribution in [0.4, 0.5) is 4.39 Å². The molecule has 4 nitrogen and oxygen atoms in total. The first kappa shape index (κ1) is 23.6. The number of aromatic amines is 1. The molecule has 4 rings (SSSR count). The Morgan fingerprint density at radius 2 is 1.74 bits per heavy atom. The Labute approximate surface area is 204 Å². The van der Waals surface area contributed by atoms with Crippen molar-refractivity contribution in [2.45, 2.75) is 39.9 Å². The van der Waals surface area contributed by atoms with E-state index in [4.69, 9.17) is 12.2 Å². The van der Waals surface area contributed by atoms with Crippen LogP contribution in [0.15, 0.2) is 77.6 Å². The Morgan fingerprint density at radius 1 is 1.03 bits per heavy atom. The lowest BCUT2D eigenvalue weighted by Gasteiger charge is -2.28. The minimum atomic E-state index is -0.287. The molecule has 3 aromatic carbocycles. The van der Waals surface area contributed by atoms with Crippen LogP contribution in [0.2, 0.25) is 0 Å². The van der Waals surface area contributed by atoms with Crippen molar-refractivity contribution in [2.24, 2.45) is 0 Å². The second kappa shape index (κ2) is 10.2. The third kappa shape index (κ3) is 5.51. The van der Waals surface area contributed by atoms with Gasteiger partial charge in [-0.3, -0.25) is 4.79 Å². The lowest BCUT2D eigenvalue weighted by molar-refractivity contribution is 0.392. The zero-order valence-electron chi connectivity index (χ0n) is 19.6. The molecule has 0 saturated carbocycles. The van der Waals surface area contributed by atoms with Crippen molar-refractivity contribution in [1.29, 1.82) is 0 Å². The highest BCUT2D eigenvalue weighted by Gasteiger charge is 2.17. The molecule has 0 aliphatic carbocycles. The fourth-order valence-electron chi connectivity index (χ4n) is 4.15. The standard InChI is InChI=1S/C28H28FN3OS/c1-18-13-19(2)25-15-23(27(33)31-26(25)14-18)17-32(16-21-9-11-24(29)12-10-21)28(34)30-20(3)22-7-5-4-6-8-22/h4-15,20H,16-17H2,1-3H3,(H,30,34)(H,31,33). The molecule has 1 atom stereocenters. The van der Waals surface area contributed by atoms with Crippen molar-refractivity contribution in [1.82, 2.24) is 15.2 Å². The number of halogens is 1. The minimum Gasteiger partial charge on any atom is -0.356 e. The summed E-state index contributed by atoms with van der Waals surface area (Å²) >= 11 is 5.79. The van der Waals surface area contributed by atoms with E-state index in [0.717, 1.165) is 33.2 Å². The molecule has 174 valence electrons. The lowest BCUT2D eigenvalue weighted by atomic mass is 10.0. The Kier molecular flexibility index (Phi) is 7.08. The van der Waals surface area contributed by atoms with E-state index >= 15 is 0 Å². The second-order valence-corrected chi connectivity index (χ2v) is 9.12. The van der Waals surface area contributed by atoms with Crippen LogP contribution < -0.4 is 10.9 Å². The summed E-state index contributed by atoms with van der Waals surface area (Å²) in [6, 6.07) is 22.4. The van der Waals surface area contributed by atoms with E-state index in [1.807, 2.05) is 68.1 Å². The Morgan fingerprint density at radius 3 is 2.44 bits per heavy atom. The highest BCUT2D eigenvalue weighted by Crippen LogP contribution is 2.20. The molecule has 34 heavy (non-hydrogen) atoms. The third-order valence-electron chi connectivity index (χ3n) is 5.96. The molecule has 1 unspecified atom stereocenters. The van der Waals surface area contributed by atoms with Gasteiger partial charge >= 0.3 is 0 Å². The van der Waals surface area contributed by atoms with Crippen LogP contribution in [-0.4, -0.2) is 15.0 Å². The van der Waals surface area contributed by atoms with Crippen LogP contribution in [-0.2, 0) is 13.1 Å². The van der Waals surface area contributed by atoms with Gasteiger partial charge in [0.2, 0.25) is 0 Å². The van der Waals surface area contributed by atoms with E-state index in [2.05, 4.69) is 16.4 Å². The molecule has 0 aliphatic heterocycles. The maximum absolute atomic E-state index is 13.5. The van der Waals surface area contributed by atoms with Crippen molar-refractivity contribution >= 4 is 28.2 Å². The van der Waals surface area contributed by atoms with Crippen molar-refractivity contribution in [2.75, 3.05) is 0 Å². The van der Waals surface area contributed by atoms with Crippen LogP contribution in [0.1, 0.15) is 40.8 Å². The number of hydrogen-bond acceptors (Lipinski definition) is 2. The molecule has 0 saturated heterocycles. The van der Waals surface area contributed by atoms with Gasteiger partial charge in [0, 0.05) is 23.0 Å². The first-order chi connectivity index (χ1) is 16.3. The van der Waals surface area contributed by atoms with Crippen LogP contribution in [0.3, 0.4) is 0 Å². The van der Waals surface area contributed by atoms with Gasteiger partial charge in [-0.1, -0.05) is 48.5 Å². The normalized spacial score (nSPS) is 11.9. The largest absolute Gasteiger partial charge is 0.356 e. The van der Waals surface area contributed by atoms with E-state index in [1.54, 1.807) is 12.1 Å². The number of aromatic nitrogens is 1. The molecule has 0 radical (unpaired) electrons. The summed E-state index contributed by atoms with van der Waals surface area (Å²) < 4.78 is 13.5. The molecule has 0 fully saturated rings. The van der Waals surface area contributed by atoms with Gasteiger partial charge in [-0.05, 0) is 79.5 Å². The summed E-state index contributed by atoms with van der Waals surface area (Å²) in [5.41, 5.74) is 5.54. The van der Waals surface area contributed by atoms with E-state index in [9.17, 15) is 9.18 Å². The molecule has 6 heteroatoms. The van der Waals surface area contributed by atoms with Crippen molar-refractivity contribution in [3.63, 3.8) is 0 Å². The predicted molar refractivity (Wildman–Crippen MR) is 140 cm³/mol. The van der Waals surface area contributed by atoms with E-state index in [0.29, 0.717) is 23.8 Å². The van der Waals surface area contributed by atoms with Gasteiger partial charge in [0.15, 0.2) is 5.11 Å². The van der Waals surface area contributed by atoms with Crippen molar-refractivity contribution < 1.29 is 4.39 Å². The molecule has 1 heterocycles. The number of nitrogens with one attached hydrogen (secondary N) is 2. The third-order valence-corrected chi connectivity index (χ3v) is 6.34. The fraction of sp³-hybridized carbons (Fsp3) is 0.214. The Bertz CT molecular complexity index is 1370. The minimum absolute atomic E-state index is 0.00970. The van der Waals surface area contributed by atoms with Gasteiger partial charge in [0.25, 0.3) is 5.56 Å². The van der Waals surface area contributed by atoms with Gasteiger partial charge in [0.05, 0.1) is 12.6 Å². The SMILES string of the molecule is Cc1cc(C)c2cc(CN(Cc3ccc(F)cc3)C(=S)NC(C)c3ccccc3)c(=O)[nH]c2c1. The first-order valence-corrected chi connectivity index (χ1v) is 11.7. The quantitative estimate of drug-likeness (QED) is 0.341. The van der Waals surface area contributed by atoms with E-state index in [-0.39, 0.29) is 17.4 Å². The molecule has 2 N–H and O–H groups in total. The zero-order chi connectivity index (χ0) is 24.2. The summed E-state index contributed by atoms with van der Waals surface area (Å²) in [5, 5.41) is 4.94. The maximum Gasteiger partial charge on any atom is 0.253 e. The molecular formula is C28H28FN3OS. The number of fused-ring (bicyclic) bond motifs is 1. The number of thiocarbonyl (C=S) groups is 1. The highest BCUT2D eigenvalue weighted by atomic mass is 32.1. The topological polar surface area (TPSA) is 48.1 Å². The fourth-order valence-corrected chi connectivity index (χ4v) is 4.46. The summed E-state index contributed by atoms with van der Waals surface area (Å²) in [6.07, 6.45) is 0. The number of rotatable bonds is 6. The van der Waals surface area contributed by atoms with Gasteiger partial charge in [-0.25, -0.2) is 4.39 Å². The molecule has 0 amide bonds. The lowest BCUT2D eigenvalue weighted by Crippen LogP contribution is -2.41. The molecule has 0 bridgehead atoms. The van der Waals surface area contributed by atoms with Gasteiger partial charge < -0.3 is 15.2 Å². The smallest absolute Gasteiger partial charge is 0.253 e. The Balaban J connectivity index is 1.65. The summed E-state index contributed by atoms with van der Waals surface area (Å²) in [5.74, 6) is -0.287. The first-order valence-electron chi connectivity index (χ1n) is 11.3. The second-order valence-electron chi connectivity index (χ2n) is 8.73. The van der Waals surface area contributed by atoms with Gasteiger partial charge in [0.1, 0.15) is 5.82 Å². The predicted octanol–water partition coefficient (Wildman–Crippen LogP) is 5.92.